The first-order valence-corrected chi connectivity index (χ1v) is 9.89. The quantitative estimate of drug-likeness (QED) is 0.662. The minimum atomic E-state index is -0.109. The van der Waals surface area contributed by atoms with E-state index in [-0.39, 0.29) is 18.2 Å². The second kappa shape index (κ2) is 11.1. The first kappa shape index (κ1) is 20.6. The third-order valence-corrected chi connectivity index (χ3v) is 4.99. The Bertz CT molecular complexity index is 744. The number of aromatic nitrogens is 1. The molecule has 0 atom stereocenters. The lowest BCUT2D eigenvalue weighted by molar-refractivity contribution is -0.121. The Labute approximate surface area is 166 Å². The molecule has 2 N–H and O–H groups in total. The number of hydrogen-bond acceptors (Lipinski definition) is 4. The van der Waals surface area contributed by atoms with Crippen molar-refractivity contribution in [1.82, 2.24) is 15.6 Å². The minimum Gasteiger partial charge on any atom is -0.355 e. The summed E-state index contributed by atoms with van der Waals surface area (Å²) < 4.78 is 0. The van der Waals surface area contributed by atoms with Crippen LogP contribution in [0.3, 0.4) is 0 Å². The number of thioether (sulfide) groups is 1. The zero-order chi connectivity index (χ0) is 18.8. The fraction of sp³-hybridized carbons (Fsp3) is 0.278. The number of carbonyl (C=O) groups excluding carboxylic acids is 2. The van der Waals surface area contributed by atoms with Crippen LogP contribution in [-0.2, 0) is 21.9 Å². The van der Waals surface area contributed by atoms with Gasteiger partial charge in [0, 0.05) is 47.7 Å². The number of pyridine rings is 1. The average molecular weight is 412 g/mol. The van der Waals surface area contributed by atoms with Gasteiger partial charge in [0.15, 0.2) is 0 Å². The maximum absolute atomic E-state index is 11.8. The van der Waals surface area contributed by atoms with Gasteiger partial charge in [0.25, 0.3) is 0 Å². The van der Waals surface area contributed by atoms with Gasteiger partial charge in [-0.3, -0.25) is 14.6 Å². The predicted octanol–water partition coefficient (Wildman–Crippen LogP) is 3.44. The molecule has 2 amide bonds. The van der Waals surface area contributed by atoms with E-state index in [1.807, 2.05) is 18.2 Å². The minimum absolute atomic E-state index is 0.109. The molecule has 0 bridgehead atoms. The second-order valence-corrected chi connectivity index (χ2v) is 7.29. The highest BCUT2D eigenvalue weighted by Gasteiger charge is 2.06. The van der Waals surface area contributed by atoms with Crippen LogP contribution in [0.1, 0.15) is 17.5 Å². The number of carbonyl (C=O) groups is 2. The first-order valence-electron chi connectivity index (χ1n) is 7.98. The lowest BCUT2D eigenvalue weighted by atomic mass is 10.2. The third-order valence-electron chi connectivity index (χ3n) is 3.42. The van der Waals surface area contributed by atoms with E-state index < -0.39 is 0 Å². The van der Waals surface area contributed by atoms with Crippen molar-refractivity contribution in [3.8, 4) is 0 Å². The highest BCUT2D eigenvalue weighted by Crippen LogP contribution is 2.24. The molecular weight excluding hydrogens is 393 g/mol. The number of nitrogens with one attached hydrogen (secondary N) is 2. The summed E-state index contributed by atoms with van der Waals surface area (Å²) in [4.78, 5) is 27.5. The van der Waals surface area contributed by atoms with E-state index >= 15 is 0 Å². The molecule has 26 heavy (non-hydrogen) atoms. The van der Waals surface area contributed by atoms with Gasteiger partial charge >= 0.3 is 0 Å². The highest BCUT2D eigenvalue weighted by molar-refractivity contribution is 7.99. The van der Waals surface area contributed by atoms with Gasteiger partial charge in [-0.2, -0.15) is 0 Å². The molecular formula is C18H19Cl2N3O2S. The second-order valence-electron chi connectivity index (χ2n) is 5.46. The molecule has 0 saturated carbocycles. The summed E-state index contributed by atoms with van der Waals surface area (Å²) in [6.45, 7) is 0.760. The number of benzene rings is 1. The van der Waals surface area contributed by atoms with Gasteiger partial charge in [0.1, 0.15) is 0 Å². The molecule has 5 nitrogen and oxygen atoms in total. The standard InChI is InChI=1S/C18H19Cl2N3O2S/c19-15-2-1-14(16(20)9-15)11-26-12-18(25)22-8-5-17(24)23-10-13-3-6-21-7-4-13/h1-4,6-7,9H,5,8,10-12H2,(H,22,25)(H,23,24). The summed E-state index contributed by atoms with van der Waals surface area (Å²) in [6, 6.07) is 8.98. The Kier molecular flexibility index (Phi) is 8.74. The van der Waals surface area contributed by atoms with E-state index in [0.717, 1.165) is 11.1 Å². The van der Waals surface area contributed by atoms with Crippen LogP contribution in [0, 0.1) is 0 Å². The zero-order valence-electron chi connectivity index (χ0n) is 14.0. The van der Waals surface area contributed by atoms with Gasteiger partial charge < -0.3 is 10.6 Å². The lowest BCUT2D eigenvalue weighted by Crippen LogP contribution is -2.31. The predicted molar refractivity (Wildman–Crippen MR) is 106 cm³/mol. The SMILES string of the molecule is O=C(CCNC(=O)CSCc1ccc(Cl)cc1Cl)NCc1ccncc1. The molecule has 0 aliphatic rings. The Balaban J connectivity index is 1.57. The first-order chi connectivity index (χ1) is 12.5. The Morgan fingerprint density at radius 1 is 1.04 bits per heavy atom. The maximum atomic E-state index is 11.8. The van der Waals surface area contributed by atoms with Gasteiger partial charge in [-0.15, -0.1) is 11.8 Å². The summed E-state index contributed by atoms with van der Waals surface area (Å²) in [7, 11) is 0. The fourth-order valence-electron chi connectivity index (χ4n) is 2.05. The lowest BCUT2D eigenvalue weighted by Gasteiger charge is -2.07. The van der Waals surface area contributed by atoms with Crippen LogP contribution in [0.4, 0.5) is 0 Å². The Morgan fingerprint density at radius 3 is 2.54 bits per heavy atom. The molecule has 2 aromatic rings. The molecule has 1 aromatic carbocycles. The molecule has 0 aliphatic carbocycles. The molecule has 0 saturated heterocycles. The monoisotopic (exact) mass is 411 g/mol. The Morgan fingerprint density at radius 2 is 1.81 bits per heavy atom. The smallest absolute Gasteiger partial charge is 0.230 e. The maximum Gasteiger partial charge on any atom is 0.230 e. The van der Waals surface area contributed by atoms with E-state index in [2.05, 4.69) is 15.6 Å². The highest BCUT2D eigenvalue weighted by atomic mass is 35.5. The summed E-state index contributed by atoms with van der Waals surface area (Å²) >= 11 is 13.4. The van der Waals surface area contributed by atoms with Crippen LogP contribution < -0.4 is 10.6 Å². The normalized spacial score (nSPS) is 10.4. The van der Waals surface area contributed by atoms with Gasteiger partial charge in [-0.25, -0.2) is 0 Å². The van der Waals surface area contributed by atoms with Gasteiger partial charge in [-0.05, 0) is 35.4 Å². The van der Waals surface area contributed by atoms with Gasteiger partial charge in [0.05, 0.1) is 5.75 Å². The third kappa shape index (κ3) is 7.64. The molecule has 0 spiro atoms. The van der Waals surface area contributed by atoms with E-state index in [9.17, 15) is 9.59 Å². The van der Waals surface area contributed by atoms with E-state index in [4.69, 9.17) is 23.2 Å². The van der Waals surface area contributed by atoms with Gasteiger partial charge in [-0.1, -0.05) is 29.3 Å². The van der Waals surface area contributed by atoms with Crippen molar-refractivity contribution in [1.29, 1.82) is 0 Å². The molecule has 0 fully saturated rings. The molecule has 2 rings (SSSR count). The largest absolute Gasteiger partial charge is 0.355 e. The van der Waals surface area contributed by atoms with Crippen LogP contribution in [0.5, 0.6) is 0 Å². The van der Waals surface area contributed by atoms with Crippen molar-refractivity contribution in [3.05, 3.63) is 63.9 Å². The number of rotatable bonds is 9. The van der Waals surface area contributed by atoms with Crippen molar-refractivity contribution < 1.29 is 9.59 Å². The Hall–Kier alpha value is -1.76. The topological polar surface area (TPSA) is 71.1 Å². The molecule has 1 heterocycles. The van der Waals surface area contributed by atoms with Crippen molar-refractivity contribution in [2.24, 2.45) is 0 Å². The average Bonchev–Trinajstić information content (AvgIpc) is 2.63. The summed E-state index contributed by atoms with van der Waals surface area (Å²) in [5, 5.41) is 6.72. The van der Waals surface area contributed by atoms with Crippen molar-refractivity contribution in [2.45, 2.75) is 18.7 Å². The number of amides is 2. The van der Waals surface area contributed by atoms with Crippen LogP contribution in [0.2, 0.25) is 10.0 Å². The molecule has 138 valence electrons. The van der Waals surface area contributed by atoms with E-state index in [1.54, 1.807) is 24.5 Å². The van der Waals surface area contributed by atoms with Crippen molar-refractivity contribution >= 4 is 46.8 Å². The van der Waals surface area contributed by atoms with E-state index in [0.29, 0.717) is 34.6 Å². The summed E-state index contributed by atoms with van der Waals surface area (Å²) in [6.07, 6.45) is 3.59. The summed E-state index contributed by atoms with van der Waals surface area (Å²) in [5.41, 5.74) is 1.92. The zero-order valence-corrected chi connectivity index (χ0v) is 16.3. The van der Waals surface area contributed by atoms with Crippen LogP contribution in [0.15, 0.2) is 42.7 Å². The van der Waals surface area contributed by atoms with E-state index in [1.165, 1.54) is 11.8 Å². The molecule has 1 aromatic heterocycles. The molecule has 0 aliphatic heterocycles. The van der Waals surface area contributed by atoms with Crippen molar-refractivity contribution in [3.63, 3.8) is 0 Å². The van der Waals surface area contributed by atoms with Crippen LogP contribution >= 0.6 is 35.0 Å². The summed E-state index contributed by atoms with van der Waals surface area (Å²) in [5.74, 6) is 0.706. The van der Waals surface area contributed by atoms with Crippen molar-refractivity contribution in [2.75, 3.05) is 12.3 Å². The number of hydrogen-bond donors (Lipinski definition) is 2. The molecule has 8 heteroatoms. The molecule has 0 radical (unpaired) electrons. The van der Waals surface area contributed by atoms with Crippen LogP contribution in [-0.4, -0.2) is 29.1 Å². The van der Waals surface area contributed by atoms with Gasteiger partial charge in [0.2, 0.25) is 11.8 Å². The molecule has 0 unspecified atom stereocenters. The number of nitrogens with zero attached hydrogens (tertiary/aromatic N) is 1. The fourth-order valence-corrected chi connectivity index (χ4v) is 3.46. The number of halogens is 2. The van der Waals surface area contributed by atoms with Crippen LogP contribution in [0.25, 0.3) is 0 Å².